The molecule has 1 aliphatic rings. The minimum absolute atomic E-state index is 0.163. The van der Waals surface area contributed by atoms with Crippen LogP contribution in [-0.4, -0.2) is 38.2 Å². The molecule has 0 saturated heterocycles. The molecular weight excluding hydrogens is 494 g/mol. The van der Waals surface area contributed by atoms with E-state index in [4.69, 9.17) is 9.47 Å². The smallest absolute Gasteiger partial charge is 0.234 e. The fourth-order valence-corrected chi connectivity index (χ4v) is 4.19. The molecule has 0 bridgehead atoms. The summed E-state index contributed by atoms with van der Waals surface area (Å²) in [6.45, 7) is 0.188. The molecule has 0 spiro atoms. The van der Waals surface area contributed by atoms with E-state index in [9.17, 15) is 4.79 Å². The summed E-state index contributed by atoms with van der Waals surface area (Å²) < 4.78 is 13.5. The third kappa shape index (κ3) is 4.32. The first-order valence-corrected chi connectivity index (χ1v) is 11.4. The third-order valence-corrected chi connectivity index (χ3v) is 6.08. The number of carbonyl (C=O) groups excluding carboxylic acids is 1. The van der Waals surface area contributed by atoms with Gasteiger partial charge in [0, 0.05) is 39.9 Å². The number of amides is 1. The lowest BCUT2D eigenvalue weighted by molar-refractivity contribution is -0.113. The van der Waals surface area contributed by atoms with Crippen LogP contribution in [0, 0.1) is 0 Å². The number of halogens is 1. The van der Waals surface area contributed by atoms with Crippen molar-refractivity contribution in [2.75, 3.05) is 17.9 Å². The molecule has 1 aliphatic heterocycles. The Balaban J connectivity index is 1.37. The van der Waals surface area contributed by atoms with Crippen LogP contribution in [0.1, 0.15) is 0 Å². The average Bonchev–Trinajstić information content (AvgIpc) is 3.45. The topological polar surface area (TPSA) is 91.2 Å². The van der Waals surface area contributed by atoms with E-state index < -0.39 is 0 Å². The Morgan fingerprint density at radius 2 is 1.94 bits per heavy atom. The summed E-state index contributed by atoms with van der Waals surface area (Å²) in [6, 6.07) is 16.9. The van der Waals surface area contributed by atoms with E-state index in [1.807, 2.05) is 41.0 Å². The summed E-state index contributed by atoms with van der Waals surface area (Å²) in [5.41, 5.74) is 2.36. The van der Waals surface area contributed by atoms with E-state index in [1.54, 1.807) is 30.6 Å². The highest BCUT2D eigenvalue weighted by atomic mass is 79.9. The Bertz CT molecular complexity index is 1260. The van der Waals surface area contributed by atoms with Crippen LogP contribution in [0.2, 0.25) is 0 Å². The summed E-state index contributed by atoms with van der Waals surface area (Å²) in [5.74, 6) is 1.94. The lowest BCUT2D eigenvalue weighted by Crippen LogP contribution is -2.14. The number of anilines is 1. The molecular formula is C22H16BrN5O3S. The van der Waals surface area contributed by atoms with Gasteiger partial charge in [-0.3, -0.25) is 14.3 Å². The maximum atomic E-state index is 12.6. The molecule has 0 radical (unpaired) electrons. The predicted octanol–water partition coefficient (Wildman–Crippen LogP) is 4.55. The van der Waals surface area contributed by atoms with Crippen LogP contribution in [0.5, 0.6) is 11.5 Å². The Labute approximate surface area is 196 Å². The Morgan fingerprint density at radius 1 is 1.09 bits per heavy atom. The monoisotopic (exact) mass is 509 g/mol. The van der Waals surface area contributed by atoms with E-state index in [1.165, 1.54) is 11.8 Å². The number of thioether (sulfide) groups is 1. The molecule has 4 aromatic rings. The number of pyridine rings is 1. The van der Waals surface area contributed by atoms with Gasteiger partial charge in [-0.25, -0.2) is 0 Å². The SMILES string of the molecule is O=C(CSc1nnc(-c2cccnc2)n1-c1ccc(Br)cc1)Nc1ccc2c(c1)OCO2. The fourth-order valence-electron chi connectivity index (χ4n) is 3.17. The van der Waals surface area contributed by atoms with Crippen molar-refractivity contribution in [1.29, 1.82) is 0 Å². The zero-order chi connectivity index (χ0) is 21.9. The van der Waals surface area contributed by atoms with Crippen molar-refractivity contribution in [3.05, 3.63) is 71.5 Å². The van der Waals surface area contributed by atoms with Gasteiger partial charge in [-0.05, 0) is 48.5 Å². The highest BCUT2D eigenvalue weighted by Crippen LogP contribution is 2.34. The van der Waals surface area contributed by atoms with E-state index in [0.29, 0.717) is 28.2 Å². The number of aromatic nitrogens is 4. The standard InChI is InChI=1S/C22H16BrN5O3S/c23-15-3-6-17(7-4-15)28-21(14-2-1-9-24-11-14)26-27-22(28)32-12-20(29)25-16-5-8-18-19(10-16)31-13-30-18/h1-11H,12-13H2,(H,25,29). The molecule has 0 saturated carbocycles. The van der Waals surface area contributed by atoms with Gasteiger partial charge in [0.15, 0.2) is 22.5 Å². The van der Waals surface area contributed by atoms with Crippen molar-refractivity contribution < 1.29 is 14.3 Å². The first-order valence-electron chi connectivity index (χ1n) is 9.61. The minimum atomic E-state index is -0.165. The second-order valence-corrected chi connectivity index (χ2v) is 8.62. The van der Waals surface area contributed by atoms with Gasteiger partial charge in [0.05, 0.1) is 5.75 Å². The van der Waals surface area contributed by atoms with E-state index in [2.05, 4.69) is 36.4 Å². The first-order chi connectivity index (χ1) is 15.7. The van der Waals surface area contributed by atoms with Crippen molar-refractivity contribution >= 4 is 39.3 Å². The third-order valence-electron chi connectivity index (χ3n) is 4.63. The van der Waals surface area contributed by atoms with Gasteiger partial charge in [-0.15, -0.1) is 10.2 Å². The molecule has 0 unspecified atom stereocenters. The summed E-state index contributed by atoms with van der Waals surface area (Å²) in [7, 11) is 0. The largest absolute Gasteiger partial charge is 0.454 e. The van der Waals surface area contributed by atoms with Gasteiger partial charge in [0.1, 0.15) is 0 Å². The zero-order valence-corrected chi connectivity index (χ0v) is 19.0. The number of ether oxygens (including phenoxy) is 2. The lowest BCUT2D eigenvalue weighted by atomic mass is 10.2. The van der Waals surface area contributed by atoms with Crippen molar-refractivity contribution in [3.63, 3.8) is 0 Å². The molecule has 160 valence electrons. The van der Waals surface area contributed by atoms with Crippen LogP contribution < -0.4 is 14.8 Å². The summed E-state index contributed by atoms with van der Waals surface area (Å²) >= 11 is 4.77. The van der Waals surface area contributed by atoms with Crippen LogP contribution >= 0.6 is 27.7 Å². The van der Waals surface area contributed by atoms with Gasteiger partial charge >= 0.3 is 0 Å². The number of nitrogens with zero attached hydrogens (tertiary/aromatic N) is 4. The molecule has 0 atom stereocenters. The van der Waals surface area contributed by atoms with Crippen molar-refractivity contribution in [3.8, 4) is 28.6 Å². The molecule has 8 nitrogen and oxygen atoms in total. The number of benzene rings is 2. The van der Waals surface area contributed by atoms with Crippen molar-refractivity contribution in [1.82, 2.24) is 19.7 Å². The Kier molecular flexibility index (Phi) is 5.78. The minimum Gasteiger partial charge on any atom is -0.454 e. The molecule has 32 heavy (non-hydrogen) atoms. The Hall–Kier alpha value is -3.37. The quantitative estimate of drug-likeness (QED) is 0.381. The lowest BCUT2D eigenvalue weighted by Gasteiger charge is -2.11. The molecule has 5 rings (SSSR count). The summed E-state index contributed by atoms with van der Waals surface area (Å²) in [6.07, 6.45) is 3.44. The van der Waals surface area contributed by atoms with E-state index in [0.717, 1.165) is 15.7 Å². The molecule has 1 N–H and O–H groups in total. The molecule has 1 amide bonds. The van der Waals surface area contributed by atoms with E-state index in [-0.39, 0.29) is 18.5 Å². The number of rotatable bonds is 6. The molecule has 0 fully saturated rings. The van der Waals surface area contributed by atoms with Crippen LogP contribution in [0.15, 0.2) is 76.6 Å². The molecule has 10 heteroatoms. The van der Waals surface area contributed by atoms with Crippen molar-refractivity contribution in [2.24, 2.45) is 0 Å². The fraction of sp³-hybridized carbons (Fsp3) is 0.0909. The summed E-state index contributed by atoms with van der Waals surface area (Å²) in [5, 5.41) is 12.2. The second-order valence-electron chi connectivity index (χ2n) is 6.76. The van der Waals surface area contributed by atoms with E-state index >= 15 is 0 Å². The molecule has 2 aromatic carbocycles. The molecule has 2 aromatic heterocycles. The maximum Gasteiger partial charge on any atom is 0.234 e. The van der Waals surface area contributed by atoms with Crippen LogP contribution in [0.4, 0.5) is 5.69 Å². The van der Waals surface area contributed by atoms with Gasteiger partial charge in [0.2, 0.25) is 12.7 Å². The number of nitrogens with one attached hydrogen (secondary N) is 1. The zero-order valence-electron chi connectivity index (χ0n) is 16.6. The number of carbonyl (C=O) groups is 1. The average molecular weight is 510 g/mol. The molecule has 0 aliphatic carbocycles. The Morgan fingerprint density at radius 3 is 2.75 bits per heavy atom. The van der Waals surface area contributed by atoms with Gasteiger partial charge in [0.25, 0.3) is 0 Å². The highest BCUT2D eigenvalue weighted by molar-refractivity contribution is 9.10. The van der Waals surface area contributed by atoms with Crippen LogP contribution in [-0.2, 0) is 4.79 Å². The number of hydrogen-bond acceptors (Lipinski definition) is 7. The van der Waals surface area contributed by atoms with Crippen LogP contribution in [0.25, 0.3) is 17.1 Å². The number of hydrogen-bond donors (Lipinski definition) is 1. The maximum absolute atomic E-state index is 12.6. The normalized spacial score (nSPS) is 12.0. The highest BCUT2D eigenvalue weighted by Gasteiger charge is 2.18. The summed E-state index contributed by atoms with van der Waals surface area (Å²) in [4.78, 5) is 16.8. The van der Waals surface area contributed by atoms with Crippen molar-refractivity contribution in [2.45, 2.75) is 5.16 Å². The second kappa shape index (κ2) is 9.01. The van der Waals surface area contributed by atoms with Gasteiger partial charge in [-0.1, -0.05) is 27.7 Å². The van der Waals surface area contributed by atoms with Gasteiger partial charge < -0.3 is 14.8 Å². The predicted molar refractivity (Wildman–Crippen MR) is 124 cm³/mol. The van der Waals surface area contributed by atoms with Crippen LogP contribution in [0.3, 0.4) is 0 Å². The number of fused-ring (bicyclic) bond motifs is 1. The first kappa shape index (κ1) is 20.5. The molecule has 3 heterocycles. The van der Waals surface area contributed by atoms with Gasteiger partial charge in [-0.2, -0.15) is 0 Å².